The van der Waals surface area contributed by atoms with Gasteiger partial charge >= 0.3 is 5.78 Å². The van der Waals surface area contributed by atoms with Crippen LogP contribution >= 0.6 is 0 Å². The summed E-state index contributed by atoms with van der Waals surface area (Å²) in [5.74, 6) is 2.11. The van der Waals surface area contributed by atoms with E-state index >= 15 is 0 Å². The van der Waals surface area contributed by atoms with Crippen LogP contribution in [0.4, 0.5) is 0 Å². The minimum Gasteiger partial charge on any atom is -0.496 e. The van der Waals surface area contributed by atoms with Gasteiger partial charge in [-0.15, -0.1) is 0 Å². The Hall–Kier alpha value is -3.07. The molecule has 126 valence electrons. The summed E-state index contributed by atoms with van der Waals surface area (Å²) >= 11 is 0. The number of allylic oxidation sites excluding steroid dienone is 3. The number of benzene rings is 2. The second kappa shape index (κ2) is 7.67. The highest BCUT2D eigenvalue weighted by molar-refractivity contribution is 6.16. The highest BCUT2D eigenvalue weighted by Gasteiger charge is 2.31. The Morgan fingerprint density at radius 3 is 1.76 bits per heavy atom. The summed E-state index contributed by atoms with van der Waals surface area (Å²) < 4.78 is 16.7. The van der Waals surface area contributed by atoms with Gasteiger partial charge < -0.3 is 9.47 Å². The number of carbonyl (C=O) groups excluding carboxylic acids is 1. The van der Waals surface area contributed by atoms with E-state index in [0.717, 1.165) is 22.3 Å². The Kier molecular flexibility index (Phi) is 5.14. The molecule has 25 heavy (non-hydrogen) atoms. The first kappa shape index (κ1) is 16.8. The topological polar surface area (TPSA) is 29.8 Å². The molecule has 0 saturated carbocycles. The Bertz CT molecular complexity index is 815. The summed E-state index contributed by atoms with van der Waals surface area (Å²) in [5, 5.41) is 0. The van der Waals surface area contributed by atoms with Crippen molar-refractivity contribution in [2.75, 3.05) is 21.3 Å². The monoisotopic (exact) mass is 333 g/mol. The molecule has 0 fully saturated rings. The molecule has 0 aromatic heterocycles. The first-order valence-electron chi connectivity index (χ1n) is 8.06. The maximum atomic E-state index is 5.67. The van der Waals surface area contributed by atoms with Crippen molar-refractivity contribution < 1.29 is 13.9 Å². The van der Waals surface area contributed by atoms with E-state index < -0.39 is 0 Å². The normalized spacial score (nSPS) is 15.5. The molecular formula is C22H21O3+. The Morgan fingerprint density at radius 2 is 1.32 bits per heavy atom. The van der Waals surface area contributed by atoms with Gasteiger partial charge in [0, 0.05) is 11.6 Å². The molecule has 0 aliphatic heterocycles. The predicted octanol–water partition coefficient (Wildman–Crippen LogP) is 4.30. The number of ketones is 1. The molecule has 3 rings (SSSR count). The molecule has 0 atom stereocenters. The van der Waals surface area contributed by atoms with Gasteiger partial charge in [0.2, 0.25) is 0 Å². The van der Waals surface area contributed by atoms with Gasteiger partial charge in [-0.2, -0.15) is 0 Å². The van der Waals surface area contributed by atoms with E-state index in [1.165, 1.54) is 0 Å². The second-order valence-electron chi connectivity index (χ2n) is 5.51. The minimum atomic E-state index is 0.693. The largest absolute Gasteiger partial charge is 0.496 e. The third kappa shape index (κ3) is 3.41. The van der Waals surface area contributed by atoms with Crippen molar-refractivity contribution in [2.45, 2.75) is 0 Å². The van der Waals surface area contributed by atoms with Crippen LogP contribution in [0, 0.1) is 0 Å². The van der Waals surface area contributed by atoms with E-state index in [4.69, 9.17) is 13.9 Å². The summed E-state index contributed by atoms with van der Waals surface area (Å²) in [5.41, 5.74) is 4.15. The lowest BCUT2D eigenvalue weighted by molar-refractivity contribution is -0.418. The van der Waals surface area contributed by atoms with Crippen molar-refractivity contribution >= 4 is 11.4 Å². The first-order chi connectivity index (χ1) is 12.3. The minimum absolute atomic E-state index is 0.693. The number of ether oxygens (including phenoxy) is 2. The van der Waals surface area contributed by atoms with Crippen molar-refractivity contribution in [1.82, 2.24) is 0 Å². The fourth-order valence-electron chi connectivity index (χ4n) is 2.92. The average Bonchev–Trinajstić information content (AvgIpc) is 2.69. The fraction of sp³-hybridized carbons (Fsp3) is 0.136. The van der Waals surface area contributed by atoms with Crippen LogP contribution in [0.5, 0.6) is 0 Å². The SMILES string of the molecule is COC1=CC(=[O+]C)C(=C(c2ccccc2)c2ccccc2)C(OC)=C1. The van der Waals surface area contributed by atoms with Crippen LogP contribution in [0.3, 0.4) is 0 Å². The zero-order valence-corrected chi connectivity index (χ0v) is 14.7. The molecule has 2 aromatic carbocycles. The van der Waals surface area contributed by atoms with E-state index in [2.05, 4.69) is 24.3 Å². The Morgan fingerprint density at radius 1 is 0.760 bits per heavy atom. The van der Waals surface area contributed by atoms with Gasteiger partial charge in [0.15, 0.2) is 0 Å². The number of rotatable bonds is 4. The van der Waals surface area contributed by atoms with Gasteiger partial charge in [0.1, 0.15) is 17.1 Å². The van der Waals surface area contributed by atoms with Crippen molar-refractivity contribution in [3.05, 3.63) is 101 Å². The maximum absolute atomic E-state index is 5.67. The quantitative estimate of drug-likeness (QED) is 0.617. The summed E-state index contributed by atoms with van der Waals surface area (Å²) in [6, 6.07) is 20.5. The number of methoxy groups -OCH3 is 2. The van der Waals surface area contributed by atoms with Gasteiger partial charge in [-0.1, -0.05) is 60.7 Å². The molecule has 0 radical (unpaired) electrons. The molecule has 0 amide bonds. The summed E-state index contributed by atoms with van der Waals surface area (Å²) in [4.78, 5) is 0. The van der Waals surface area contributed by atoms with E-state index in [1.807, 2.05) is 48.6 Å². The Balaban J connectivity index is 2.33. The molecule has 3 nitrogen and oxygen atoms in total. The van der Waals surface area contributed by atoms with Crippen LogP contribution in [0.25, 0.3) is 5.57 Å². The number of hydrogen-bond acceptors (Lipinski definition) is 2. The van der Waals surface area contributed by atoms with Crippen LogP contribution in [0.15, 0.2) is 89.9 Å². The van der Waals surface area contributed by atoms with Gasteiger partial charge in [-0.05, 0) is 11.1 Å². The molecule has 1 aliphatic carbocycles. The second-order valence-corrected chi connectivity index (χ2v) is 5.51. The summed E-state index contributed by atoms with van der Waals surface area (Å²) in [6.45, 7) is 0. The molecule has 3 heteroatoms. The molecule has 2 aromatic rings. The molecule has 0 spiro atoms. The molecule has 0 heterocycles. The van der Waals surface area contributed by atoms with Crippen LogP contribution in [0.1, 0.15) is 11.1 Å². The smallest absolute Gasteiger partial charge is 0.358 e. The van der Waals surface area contributed by atoms with Crippen LogP contribution in [0.2, 0.25) is 0 Å². The molecule has 0 saturated heterocycles. The summed E-state index contributed by atoms with van der Waals surface area (Å²) in [7, 11) is 4.95. The zero-order chi connectivity index (χ0) is 17.6. The van der Waals surface area contributed by atoms with Crippen LogP contribution in [-0.4, -0.2) is 27.1 Å². The van der Waals surface area contributed by atoms with Gasteiger partial charge in [0.25, 0.3) is 7.11 Å². The lowest BCUT2D eigenvalue weighted by Crippen LogP contribution is -2.15. The van der Waals surface area contributed by atoms with Crippen molar-refractivity contribution in [2.24, 2.45) is 0 Å². The number of hydrogen-bond donors (Lipinski definition) is 0. The van der Waals surface area contributed by atoms with E-state index in [-0.39, 0.29) is 0 Å². The van der Waals surface area contributed by atoms with Crippen LogP contribution in [-0.2, 0) is 13.9 Å². The lowest BCUT2D eigenvalue weighted by Gasteiger charge is -2.18. The van der Waals surface area contributed by atoms with Gasteiger partial charge in [0.05, 0.1) is 20.3 Å². The third-order valence-corrected chi connectivity index (χ3v) is 4.09. The third-order valence-electron chi connectivity index (χ3n) is 4.09. The standard InChI is InChI=1S/C22H21O3/c1-23-18-14-19(24-2)22(20(15-18)25-3)21(16-10-6-4-7-11-16)17-12-8-5-9-13-17/h4-15H,1-3H3/q+1. The highest BCUT2D eigenvalue weighted by Crippen LogP contribution is 2.34. The predicted molar refractivity (Wildman–Crippen MR) is 100 cm³/mol. The summed E-state index contributed by atoms with van der Waals surface area (Å²) in [6.07, 6.45) is 3.76. The molecule has 0 unspecified atom stereocenters. The highest BCUT2D eigenvalue weighted by atomic mass is 16.5. The lowest BCUT2D eigenvalue weighted by atomic mass is 9.88. The Labute approximate surface area is 148 Å². The van der Waals surface area contributed by atoms with Gasteiger partial charge in [-0.3, -0.25) is 4.42 Å². The molecule has 0 bridgehead atoms. The van der Waals surface area contributed by atoms with E-state index in [0.29, 0.717) is 17.3 Å². The maximum Gasteiger partial charge on any atom is 0.358 e. The fourth-order valence-corrected chi connectivity index (χ4v) is 2.92. The molecular weight excluding hydrogens is 312 g/mol. The first-order valence-corrected chi connectivity index (χ1v) is 8.06. The van der Waals surface area contributed by atoms with Crippen molar-refractivity contribution in [3.8, 4) is 0 Å². The average molecular weight is 333 g/mol. The van der Waals surface area contributed by atoms with E-state index in [9.17, 15) is 0 Å². The van der Waals surface area contributed by atoms with Crippen LogP contribution < -0.4 is 0 Å². The molecule has 1 aliphatic rings. The van der Waals surface area contributed by atoms with Crippen molar-refractivity contribution in [1.29, 1.82) is 0 Å². The molecule has 0 N–H and O–H groups in total. The zero-order valence-electron chi connectivity index (χ0n) is 14.7. The van der Waals surface area contributed by atoms with E-state index in [1.54, 1.807) is 21.3 Å². The van der Waals surface area contributed by atoms with Crippen molar-refractivity contribution in [3.63, 3.8) is 0 Å². The van der Waals surface area contributed by atoms with Gasteiger partial charge in [-0.25, -0.2) is 0 Å².